The monoisotopic (exact) mass is 255 g/mol. The predicted molar refractivity (Wildman–Crippen MR) is 65.5 cm³/mol. The van der Waals surface area contributed by atoms with Crippen LogP contribution < -0.4 is 10.2 Å². The molecule has 1 atom stereocenters. The van der Waals surface area contributed by atoms with Crippen LogP contribution in [0.3, 0.4) is 0 Å². The molecule has 7 heteroatoms. The second kappa shape index (κ2) is 6.25. The molecule has 1 saturated heterocycles. The molecule has 7 nitrogen and oxygen atoms in total. The number of nitrogens with zero attached hydrogens (tertiary/aromatic N) is 2. The zero-order chi connectivity index (χ0) is 13.7. The van der Waals surface area contributed by atoms with E-state index in [1.165, 1.54) is 18.2 Å². The van der Waals surface area contributed by atoms with Gasteiger partial charge in [0.25, 0.3) is 0 Å². The number of aliphatic imine (C=N–C) groups is 1. The largest absolute Gasteiger partial charge is 0.340 e. The van der Waals surface area contributed by atoms with Gasteiger partial charge in [-0.25, -0.2) is 4.79 Å². The Balaban J connectivity index is 2.50. The van der Waals surface area contributed by atoms with Gasteiger partial charge in [-0.1, -0.05) is 0 Å². The van der Waals surface area contributed by atoms with Crippen molar-refractivity contribution in [2.75, 3.05) is 34.2 Å². The summed E-state index contributed by atoms with van der Waals surface area (Å²) in [4.78, 5) is 40.5. The van der Waals surface area contributed by atoms with Crippen LogP contribution in [-0.4, -0.2) is 63.2 Å². The molecule has 1 rings (SSSR count). The van der Waals surface area contributed by atoms with E-state index in [0.29, 0.717) is 6.54 Å². The van der Waals surface area contributed by atoms with Crippen LogP contribution >= 0.6 is 0 Å². The molecule has 1 aliphatic rings. The van der Waals surface area contributed by atoms with Gasteiger partial charge in [0, 0.05) is 26.2 Å². The summed E-state index contributed by atoms with van der Waals surface area (Å²) in [6.45, 7) is 1.54. The smallest absolute Gasteiger partial charge is 0.330 e. The number of rotatable bonds is 5. The molecule has 2 N–H and O–H groups in total. The Morgan fingerprint density at radius 1 is 1.39 bits per heavy atom. The third-order valence-corrected chi connectivity index (χ3v) is 2.63. The van der Waals surface area contributed by atoms with Crippen molar-refractivity contribution in [1.29, 1.82) is 0 Å². The van der Waals surface area contributed by atoms with E-state index in [1.54, 1.807) is 0 Å². The lowest BCUT2D eigenvalue weighted by molar-refractivity contribution is -0.858. The van der Waals surface area contributed by atoms with Gasteiger partial charge in [-0.2, -0.15) is 0 Å². The Hall–Kier alpha value is -1.76. The summed E-state index contributed by atoms with van der Waals surface area (Å²) in [6.07, 6.45) is 2.21. The molecule has 18 heavy (non-hydrogen) atoms. The van der Waals surface area contributed by atoms with Gasteiger partial charge in [0.15, 0.2) is 5.92 Å². The number of imide groups is 2. The third-order valence-electron chi connectivity index (χ3n) is 2.63. The standard InChI is InChI=1S/C11H18N4O3/c1-14(2)6-4-5-12-7-8-9(16)13-11(18)15(3)10(8)17/h7-8H,4-6H2,1-3H3,(H,13,16,18)/p+1/t8-/m1/s1. The quantitative estimate of drug-likeness (QED) is 0.336. The minimum atomic E-state index is -0.987. The molecule has 0 aliphatic carbocycles. The summed E-state index contributed by atoms with van der Waals surface area (Å²) in [7, 11) is 5.42. The number of quaternary nitrogens is 1. The van der Waals surface area contributed by atoms with Gasteiger partial charge in [0.1, 0.15) is 0 Å². The van der Waals surface area contributed by atoms with Gasteiger partial charge in [-0.3, -0.25) is 24.8 Å². The van der Waals surface area contributed by atoms with Crippen molar-refractivity contribution in [3.05, 3.63) is 0 Å². The lowest BCUT2D eigenvalue weighted by atomic mass is 10.1. The van der Waals surface area contributed by atoms with Crippen molar-refractivity contribution in [2.24, 2.45) is 10.9 Å². The second-order valence-corrected chi connectivity index (χ2v) is 4.54. The van der Waals surface area contributed by atoms with Crippen molar-refractivity contribution in [3.63, 3.8) is 0 Å². The summed E-state index contributed by atoms with van der Waals surface area (Å²) in [5.41, 5.74) is 0. The van der Waals surface area contributed by atoms with Gasteiger partial charge in [0.05, 0.1) is 20.6 Å². The third kappa shape index (κ3) is 3.63. The van der Waals surface area contributed by atoms with Crippen LogP contribution in [0.1, 0.15) is 6.42 Å². The van der Waals surface area contributed by atoms with Crippen molar-refractivity contribution in [3.8, 4) is 0 Å². The molecule has 0 radical (unpaired) electrons. The SMILES string of the molecule is CN1C(=O)NC(=O)[C@@H](C=NCCC[NH+](C)C)C1=O. The Kier molecular flexibility index (Phi) is 4.96. The molecule has 0 saturated carbocycles. The summed E-state index contributed by atoms with van der Waals surface area (Å²) in [5.74, 6) is -2.13. The van der Waals surface area contributed by atoms with Gasteiger partial charge >= 0.3 is 6.03 Å². The van der Waals surface area contributed by atoms with Crippen LogP contribution in [0, 0.1) is 5.92 Å². The first kappa shape index (κ1) is 14.3. The fraction of sp³-hybridized carbons (Fsp3) is 0.636. The van der Waals surface area contributed by atoms with Crippen LogP contribution in [0.25, 0.3) is 0 Å². The zero-order valence-corrected chi connectivity index (χ0v) is 10.9. The van der Waals surface area contributed by atoms with Crippen LogP contribution in [0.15, 0.2) is 4.99 Å². The highest BCUT2D eigenvalue weighted by Crippen LogP contribution is 2.06. The molecule has 1 fully saturated rings. The number of carbonyl (C=O) groups excluding carboxylic acids is 3. The first-order valence-corrected chi connectivity index (χ1v) is 5.85. The Morgan fingerprint density at radius 3 is 2.67 bits per heavy atom. The maximum absolute atomic E-state index is 11.7. The highest BCUT2D eigenvalue weighted by atomic mass is 16.2. The lowest BCUT2D eigenvalue weighted by Crippen LogP contribution is -3.05. The summed E-state index contributed by atoms with van der Waals surface area (Å²) in [5, 5.41) is 2.10. The Labute approximate surface area is 106 Å². The Morgan fingerprint density at radius 2 is 2.06 bits per heavy atom. The molecule has 0 spiro atoms. The van der Waals surface area contributed by atoms with Crippen molar-refractivity contribution >= 4 is 24.1 Å². The van der Waals surface area contributed by atoms with Gasteiger partial charge < -0.3 is 4.90 Å². The van der Waals surface area contributed by atoms with E-state index in [0.717, 1.165) is 17.9 Å². The molecule has 4 amide bonds. The molecule has 0 aromatic carbocycles. The van der Waals surface area contributed by atoms with Crippen LogP contribution in [-0.2, 0) is 9.59 Å². The van der Waals surface area contributed by atoms with Crippen LogP contribution in [0.4, 0.5) is 4.79 Å². The second-order valence-electron chi connectivity index (χ2n) is 4.54. The average Bonchev–Trinajstić information content (AvgIpc) is 2.29. The maximum atomic E-state index is 11.7. The first-order valence-electron chi connectivity index (χ1n) is 5.85. The molecular formula is C11H19N4O3+. The topological polar surface area (TPSA) is 83.3 Å². The highest BCUT2D eigenvalue weighted by molar-refractivity contribution is 6.23. The summed E-state index contributed by atoms with van der Waals surface area (Å²) in [6, 6.07) is -0.689. The number of carbonyl (C=O) groups is 3. The molecule has 1 aliphatic heterocycles. The number of barbiturate groups is 1. The number of nitrogens with one attached hydrogen (secondary N) is 2. The van der Waals surface area contributed by atoms with Gasteiger partial charge in [-0.05, 0) is 0 Å². The van der Waals surface area contributed by atoms with Gasteiger partial charge in [-0.15, -0.1) is 0 Å². The molecule has 1 heterocycles. The molecule has 0 aromatic heterocycles. The van der Waals surface area contributed by atoms with Crippen molar-refractivity contribution in [2.45, 2.75) is 6.42 Å². The van der Waals surface area contributed by atoms with Gasteiger partial charge in [0.2, 0.25) is 11.8 Å². The lowest BCUT2D eigenvalue weighted by Gasteiger charge is -2.24. The van der Waals surface area contributed by atoms with E-state index >= 15 is 0 Å². The predicted octanol–water partition coefficient (Wildman–Crippen LogP) is -2.08. The van der Waals surface area contributed by atoms with E-state index in [9.17, 15) is 14.4 Å². The van der Waals surface area contributed by atoms with E-state index in [-0.39, 0.29) is 0 Å². The zero-order valence-electron chi connectivity index (χ0n) is 10.9. The van der Waals surface area contributed by atoms with E-state index in [1.807, 2.05) is 14.1 Å². The number of urea groups is 1. The van der Waals surface area contributed by atoms with Crippen molar-refractivity contribution < 1.29 is 19.3 Å². The van der Waals surface area contributed by atoms with Crippen molar-refractivity contribution in [1.82, 2.24) is 10.2 Å². The number of amides is 4. The Bertz CT molecular complexity index is 378. The van der Waals surface area contributed by atoms with Crippen LogP contribution in [0.2, 0.25) is 0 Å². The average molecular weight is 255 g/mol. The fourth-order valence-corrected chi connectivity index (χ4v) is 1.52. The molecule has 0 unspecified atom stereocenters. The molecule has 0 bridgehead atoms. The van der Waals surface area contributed by atoms with Crippen LogP contribution in [0.5, 0.6) is 0 Å². The number of hydrogen-bond acceptors (Lipinski definition) is 4. The summed E-state index contributed by atoms with van der Waals surface area (Å²) >= 11 is 0. The van der Waals surface area contributed by atoms with E-state index < -0.39 is 23.8 Å². The summed E-state index contributed by atoms with van der Waals surface area (Å²) < 4.78 is 0. The molecule has 0 aromatic rings. The highest BCUT2D eigenvalue weighted by Gasteiger charge is 2.37. The van der Waals surface area contributed by atoms with E-state index in [2.05, 4.69) is 10.3 Å². The van der Waals surface area contributed by atoms with E-state index in [4.69, 9.17) is 0 Å². The normalized spacial score (nSPS) is 21.0. The minimum Gasteiger partial charge on any atom is -0.340 e. The number of hydrogen-bond donors (Lipinski definition) is 2. The fourth-order valence-electron chi connectivity index (χ4n) is 1.52. The first-order chi connectivity index (χ1) is 8.43. The maximum Gasteiger partial charge on any atom is 0.330 e. The molecule has 100 valence electrons. The minimum absolute atomic E-state index is 0.536. The molecular weight excluding hydrogens is 236 g/mol.